The van der Waals surface area contributed by atoms with E-state index >= 15 is 0 Å². The molecule has 0 amide bonds. The molecule has 3 rings (SSSR count). The SMILES string of the molecule is Cc1c(CC2CCNCC2)c(O)c(Br)c2c1CCCC2. The third-order valence-corrected chi connectivity index (χ3v) is 5.94. The van der Waals surface area contributed by atoms with Crippen molar-refractivity contribution in [2.24, 2.45) is 5.92 Å². The van der Waals surface area contributed by atoms with Crippen molar-refractivity contribution in [1.29, 1.82) is 0 Å². The summed E-state index contributed by atoms with van der Waals surface area (Å²) in [4.78, 5) is 0. The fraction of sp³-hybridized carbons (Fsp3) is 0.647. The Kier molecular flexibility index (Phi) is 4.37. The molecular formula is C17H24BrNO. The summed E-state index contributed by atoms with van der Waals surface area (Å²) in [5.74, 6) is 1.23. The third kappa shape index (κ3) is 2.62. The summed E-state index contributed by atoms with van der Waals surface area (Å²) < 4.78 is 0.974. The van der Waals surface area contributed by atoms with E-state index in [1.165, 1.54) is 54.4 Å². The van der Waals surface area contributed by atoms with Crippen molar-refractivity contribution >= 4 is 15.9 Å². The minimum atomic E-state index is 0.515. The zero-order chi connectivity index (χ0) is 14.1. The van der Waals surface area contributed by atoms with Crippen LogP contribution in [0.4, 0.5) is 0 Å². The molecule has 110 valence electrons. The van der Waals surface area contributed by atoms with Crippen molar-refractivity contribution in [2.75, 3.05) is 13.1 Å². The van der Waals surface area contributed by atoms with E-state index in [-0.39, 0.29) is 0 Å². The minimum Gasteiger partial charge on any atom is -0.506 e. The Balaban J connectivity index is 1.95. The highest BCUT2D eigenvalue weighted by molar-refractivity contribution is 9.10. The Labute approximate surface area is 130 Å². The Hall–Kier alpha value is -0.540. The van der Waals surface area contributed by atoms with Crippen molar-refractivity contribution in [3.05, 3.63) is 26.7 Å². The summed E-state index contributed by atoms with van der Waals surface area (Å²) in [5, 5.41) is 14.0. The standard InChI is InChI=1S/C17H24BrNO/c1-11-13-4-2-3-5-14(13)16(18)17(20)15(11)10-12-6-8-19-9-7-12/h12,19-20H,2-10H2,1H3. The van der Waals surface area contributed by atoms with Crippen LogP contribution in [-0.4, -0.2) is 18.2 Å². The van der Waals surface area contributed by atoms with Gasteiger partial charge in [0.25, 0.3) is 0 Å². The molecule has 0 atom stereocenters. The van der Waals surface area contributed by atoms with Gasteiger partial charge in [0.05, 0.1) is 4.47 Å². The molecule has 1 heterocycles. The molecule has 0 radical (unpaired) electrons. The molecule has 1 aliphatic carbocycles. The van der Waals surface area contributed by atoms with E-state index in [4.69, 9.17) is 0 Å². The molecule has 1 aromatic carbocycles. The van der Waals surface area contributed by atoms with Gasteiger partial charge in [-0.3, -0.25) is 0 Å². The number of aromatic hydroxyl groups is 1. The summed E-state index contributed by atoms with van der Waals surface area (Å²) in [7, 11) is 0. The average Bonchev–Trinajstić information content (AvgIpc) is 2.50. The maximum absolute atomic E-state index is 10.6. The maximum atomic E-state index is 10.6. The van der Waals surface area contributed by atoms with Crippen molar-refractivity contribution in [2.45, 2.75) is 51.9 Å². The van der Waals surface area contributed by atoms with E-state index in [2.05, 4.69) is 28.2 Å². The summed E-state index contributed by atoms with van der Waals surface area (Å²) in [6, 6.07) is 0. The molecule has 0 spiro atoms. The smallest absolute Gasteiger partial charge is 0.133 e. The molecule has 2 aliphatic rings. The van der Waals surface area contributed by atoms with Gasteiger partial charge < -0.3 is 10.4 Å². The molecule has 0 bridgehead atoms. The fourth-order valence-corrected chi connectivity index (χ4v) is 4.50. The van der Waals surface area contributed by atoms with Crippen molar-refractivity contribution in [3.63, 3.8) is 0 Å². The number of phenols is 1. The average molecular weight is 338 g/mol. The first-order chi connectivity index (χ1) is 9.68. The number of hydrogen-bond donors (Lipinski definition) is 2. The lowest BCUT2D eigenvalue weighted by atomic mass is 9.82. The molecule has 1 fully saturated rings. The van der Waals surface area contributed by atoms with Gasteiger partial charge in [0.1, 0.15) is 5.75 Å². The molecule has 2 N–H and O–H groups in total. The van der Waals surface area contributed by atoms with Gasteiger partial charge in [0.15, 0.2) is 0 Å². The molecule has 0 aromatic heterocycles. The lowest BCUT2D eigenvalue weighted by Gasteiger charge is -2.27. The number of benzene rings is 1. The molecule has 3 heteroatoms. The highest BCUT2D eigenvalue weighted by atomic mass is 79.9. The van der Waals surface area contributed by atoms with E-state index in [1.807, 2.05) is 0 Å². The van der Waals surface area contributed by atoms with Crippen LogP contribution < -0.4 is 5.32 Å². The predicted octanol–water partition coefficient (Wildman–Crippen LogP) is 3.88. The van der Waals surface area contributed by atoms with E-state index < -0.39 is 0 Å². The largest absolute Gasteiger partial charge is 0.506 e. The maximum Gasteiger partial charge on any atom is 0.133 e. The van der Waals surface area contributed by atoms with Crippen LogP contribution in [0.3, 0.4) is 0 Å². The second-order valence-corrected chi connectivity index (χ2v) is 7.12. The Bertz CT molecular complexity index is 506. The minimum absolute atomic E-state index is 0.515. The summed E-state index contributed by atoms with van der Waals surface area (Å²) >= 11 is 3.65. The van der Waals surface area contributed by atoms with Gasteiger partial charge in [-0.15, -0.1) is 0 Å². The summed E-state index contributed by atoms with van der Waals surface area (Å²) in [6.07, 6.45) is 8.32. The van der Waals surface area contributed by atoms with E-state index in [1.54, 1.807) is 0 Å². The lowest BCUT2D eigenvalue weighted by molar-refractivity contribution is 0.365. The van der Waals surface area contributed by atoms with Gasteiger partial charge >= 0.3 is 0 Å². The second-order valence-electron chi connectivity index (χ2n) is 6.33. The number of phenolic OH excluding ortho intramolecular Hbond substituents is 1. The zero-order valence-corrected chi connectivity index (χ0v) is 13.9. The van der Waals surface area contributed by atoms with Crippen LogP contribution in [0, 0.1) is 12.8 Å². The number of rotatable bonds is 2. The number of hydrogen-bond acceptors (Lipinski definition) is 2. The van der Waals surface area contributed by atoms with Crippen molar-refractivity contribution in [3.8, 4) is 5.75 Å². The van der Waals surface area contributed by atoms with Crippen LogP contribution in [0.25, 0.3) is 0 Å². The van der Waals surface area contributed by atoms with Gasteiger partial charge in [-0.25, -0.2) is 0 Å². The fourth-order valence-electron chi connectivity index (χ4n) is 3.82. The van der Waals surface area contributed by atoms with Crippen LogP contribution in [0.2, 0.25) is 0 Å². The van der Waals surface area contributed by atoms with Gasteiger partial charge in [-0.2, -0.15) is 0 Å². The van der Waals surface area contributed by atoms with Crippen LogP contribution in [0.5, 0.6) is 5.75 Å². The molecule has 0 saturated carbocycles. The highest BCUT2D eigenvalue weighted by Crippen LogP contribution is 2.41. The normalized spacial score (nSPS) is 19.9. The van der Waals surface area contributed by atoms with Crippen molar-refractivity contribution < 1.29 is 5.11 Å². The molecule has 1 aliphatic heterocycles. The monoisotopic (exact) mass is 337 g/mol. The first-order valence-corrected chi connectivity index (χ1v) is 8.70. The van der Waals surface area contributed by atoms with Gasteiger partial charge in [-0.1, -0.05) is 0 Å². The van der Waals surface area contributed by atoms with Crippen LogP contribution in [0.15, 0.2) is 4.47 Å². The van der Waals surface area contributed by atoms with Gasteiger partial charge in [0, 0.05) is 0 Å². The third-order valence-electron chi connectivity index (χ3n) is 5.08. The Morgan fingerprint density at radius 3 is 2.50 bits per heavy atom. The van der Waals surface area contributed by atoms with E-state index in [0.717, 1.165) is 36.3 Å². The zero-order valence-electron chi connectivity index (χ0n) is 12.3. The van der Waals surface area contributed by atoms with Crippen molar-refractivity contribution in [1.82, 2.24) is 5.32 Å². The van der Waals surface area contributed by atoms with Crippen LogP contribution >= 0.6 is 15.9 Å². The first kappa shape index (κ1) is 14.4. The lowest BCUT2D eigenvalue weighted by Crippen LogP contribution is -2.29. The number of piperidine rings is 1. The molecule has 2 nitrogen and oxygen atoms in total. The first-order valence-electron chi connectivity index (χ1n) is 7.91. The Morgan fingerprint density at radius 1 is 1.15 bits per heavy atom. The molecule has 1 aromatic rings. The topological polar surface area (TPSA) is 32.3 Å². The highest BCUT2D eigenvalue weighted by Gasteiger charge is 2.24. The van der Waals surface area contributed by atoms with Crippen LogP contribution in [-0.2, 0) is 19.3 Å². The Morgan fingerprint density at radius 2 is 1.80 bits per heavy atom. The summed E-state index contributed by atoms with van der Waals surface area (Å²) in [5.41, 5.74) is 5.42. The molecule has 0 unspecified atom stereocenters. The molecule has 20 heavy (non-hydrogen) atoms. The molecular weight excluding hydrogens is 314 g/mol. The van der Waals surface area contributed by atoms with Crippen LogP contribution in [0.1, 0.15) is 47.9 Å². The second kappa shape index (κ2) is 6.07. The quantitative estimate of drug-likeness (QED) is 0.858. The number of halogens is 1. The number of fused-ring (bicyclic) bond motifs is 1. The summed E-state index contributed by atoms with van der Waals surface area (Å²) in [6.45, 7) is 4.46. The predicted molar refractivity (Wildman–Crippen MR) is 86.5 cm³/mol. The van der Waals surface area contributed by atoms with Gasteiger partial charge in [0.2, 0.25) is 0 Å². The molecule has 1 saturated heterocycles. The van der Waals surface area contributed by atoms with Gasteiger partial charge in [-0.05, 0) is 109 Å². The van der Waals surface area contributed by atoms with E-state index in [0.29, 0.717) is 5.75 Å². The number of nitrogens with one attached hydrogen (secondary N) is 1. The van der Waals surface area contributed by atoms with E-state index in [9.17, 15) is 5.11 Å².